The monoisotopic (exact) mass is 501 g/mol. The van der Waals surface area contributed by atoms with Crippen LogP contribution in [0.3, 0.4) is 0 Å². The average molecular weight is 502 g/mol. The van der Waals surface area contributed by atoms with Gasteiger partial charge in [-0.15, -0.1) is 0 Å². The van der Waals surface area contributed by atoms with E-state index in [1.807, 2.05) is 6.92 Å². The van der Waals surface area contributed by atoms with Crippen molar-refractivity contribution >= 4 is 15.9 Å². The first-order valence-corrected chi connectivity index (χ1v) is 12.8. The van der Waals surface area contributed by atoms with Crippen LogP contribution in [0.1, 0.15) is 36.7 Å². The van der Waals surface area contributed by atoms with E-state index in [9.17, 15) is 23.4 Å². The van der Waals surface area contributed by atoms with Gasteiger partial charge < -0.3 is 19.8 Å². The Labute approximate surface area is 206 Å². The molecule has 0 aliphatic carbocycles. The lowest BCUT2D eigenvalue weighted by molar-refractivity contribution is 0.0563. The number of hydrogen-bond donors (Lipinski definition) is 2. The zero-order valence-corrected chi connectivity index (χ0v) is 21.1. The molecule has 1 aromatic carbocycles. The van der Waals surface area contributed by atoms with Crippen molar-refractivity contribution in [3.63, 3.8) is 0 Å². The van der Waals surface area contributed by atoms with Crippen LogP contribution < -0.4 is 4.74 Å². The zero-order valence-electron chi connectivity index (χ0n) is 20.2. The molecule has 9 nitrogen and oxygen atoms in total. The van der Waals surface area contributed by atoms with Gasteiger partial charge in [0.1, 0.15) is 22.9 Å². The molecule has 0 spiro atoms. The van der Waals surface area contributed by atoms with Gasteiger partial charge in [0.2, 0.25) is 10.0 Å². The highest BCUT2D eigenvalue weighted by Crippen LogP contribution is 2.34. The number of aliphatic hydroxyl groups excluding tert-OH is 2. The maximum absolute atomic E-state index is 13.5. The first-order valence-electron chi connectivity index (χ1n) is 11.3. The predicted octanol–water partition coefficient (Wildman–Crippen LogP) is 1.35. The van der Waals surface area contributed by atoms with Gasteiger partial charge in [0.25, 0.3) is 5.91 Å². The molecule has 188 valence electrons. The van der Waals surface area contributed by atoms with Gasteiger partial charge in [-0.25, -0.2) is 8.42 Å². The van der Waals surface area contributed by atoms with Crippen molar-refractivity contribution in [2.75, 3.05) is 26.7 Å². The lowest BCUT2D eigenvalue weighted by atomic mass is 10.0. The van der Waals surface area contributed by atoms with Crippen molar-refractivity contribution in [2.45, 2.75) is 43.9 Å². The minimum atomic E-state index is -3.98. The SMILES string of the molecule is C[C@@H]1CN([C@H](C)CO)S(=O)(=O)c2ccc(C#C[C@@H](C)O)cc2O[C@@H]1CN(C)C(=O)c1ccncc1. The molecule has 35 heavy (non-hydrogen) atoms. The topological polar surface area (TPSA) is 120 Å². The van der Waals surface area contributed by atoms with Crippen LogP contribution in [0, 0.1) is 17.8 Å². The second kappa shape index (κ2) is 11.2. The molecule has 10 heteroatoms. The number of fused-ring (bicyclic) bond motifs is 1. The van der Waals surface area contributed by atoms with E-state index >= 15 is 0 Å². The molecule has 2 heterocycles. The lowest BCUT2D eigenvalue weighted by Crippen LogP contribution is -2.50. The van der Waals surface area contributed by atoms with Crippen LogP contribution in [0.4, 0.5) is 0 Å². The predicted molar refractivity (Wildman–Crippen MR) is 130 cm³/mol. The van der Waals surface area contributed by atoms with E-state index in [4.69, 9.17) is 4.74 Å². The fourth-order valence-corrected chi connectivity index (χ4v) is 5.60. The molecule has 0 saturated carbocycles. The Morgan fingerprint density at radius 2 is 1.97 bits per heavy atom. The van der Waals surface area contributed by atoms with Crippen molar-refractivity contribution < 1.29 is 28.2 Å². The summed E-state index contributed by atoms with van der Waals surface area (Å²) in [5.74, 6) is 5.03. The van der Waals surface area contributed by atoms with Crippen molar-refractivity contribution in [1.29, 1.82) is 0 Å². The molecule has 0 bridgehead atoms. The number of hydrogen-bond acceptors (Lipinski definition) is 7. The Balaban J connectivity index is 2.02. The maximum Gasteiger partial charge on any atom is 0.253 e. The van der Waals surface area contributed by atoms with Crippen LogP contribution in [0.2, 0.25) is 0 Å². The van der Waals surface area contributed by atoms with Crippen LogP contribution in [0.15, 0.2) is 47.6 Å². The largest absolute Gasteiger partial charge is 0.487 e. The third-order valence-corrected chi connectivity index (χ3v) is 7.84. The summed E-state index contributed by atoms with van der Waals surface area (Å²) < 4.78 is 34.5. The summed E-state index contributed by atoms with van der Waals surface area (Å²) in [7, 11) is -2.32. The summed E-state index contributed by atoms with van der Waals surface area (Å²) in [6.07, 6.45) is 1.69. The first kappa shape index (κ1) is 26.6. The lowest BCUT2D eigenvalue weighted by Gasteiger charge is -2.37. The Morgan fingerprint density at radius 3 is 2.60 bits per heavy atom. The summed E-state index contributed by atoms with van der Waals surface area (Å²) >= 11 is 0. The highest BCUT2D eigenvalue weighted by Gasteiger charge is 2.38. The number of pyridine rings is 1. The van der Waals surface area contributed by atoms with Gasteiger partial charge in [0, 0.05) is 49.1 Å². The van der Waals surface area contributed by atoms with E-state index in [2.05, 4.69) is 16.8 Å². The number of rotatable bonds is 5. The van der Waals surface area contributed by atoms with Crippen molar-refractivity contribution in [1.82, 2.24) is 14.2 Å². The molecule has 1 aromatic heterocycles. The number of amides is 1. The normalized spacial score (nSPS) is 21.2. The third-order valence-electron chi connectivity index (χ3n) is 5.82. The summed E-state index contributed by atoms with van der Waals surface area (Å²) in [4.78, 5) is 18.3. The third kappa shape index (κ3) is 6.18. The Morgan fingerprint density at radius 1 is 1.29 bits per heavy atom. The van der Waals surface area contributed by atoms with Gasteiger partial charge in [0.15, 0.2) is 0 Å². The van der Waals surface area contributed by atoms with E-state index in [1.54, 1.807) is 44.6 Å². The number of carbonyl (C=O) groups excluding carboxylic acids is 1. The smallest absolute Gasteiger partial charge is 0.253 e. The molecule has 0 saturated heterocycles. The molecule has 1 aliphatic heterocycles. The maximum atomic E-state index is 13.5. The molecule has 1 amide bonds. The minimum absolute atomic E-state index is 0.0413. The number of carbonyl (C=O) groups is 1. The first-order chi connectivity index (χ1) is 16.5. The van der Waals surface area contributed by atoms with Gasteiger partial charge in [-0.05, 0) is 44.2 Å². The summed E-state index contributed by atoms with van der Waals surface area (Å²) in [6, 6.07) is 7.10. The summed E-state index contributed by atoms with van der Waals surface area (Å²) in [6.45, 7) is 4.99. The van der Waals surface area contributed by atoms with E-state index < -0.39 is 28.3 Å². The van der Waals surface area contributed by atoms with E-state index in [0.29, 0.717) is 11.1 Å². The van der Waals surface area contributed by atoms with Crippen LogP contribution in [0.25, 0.3) is 0 Å². The number of aromatic nitrogens is 1. The Kier molecular flexibility index (Phi) is 8.51. The van der Waals surface area contributed by atoms with Gasteiger partial charge in [-0.1, -0.05) is 18.8 Å². The van der Waals surface area contributed by atoms with Crippen LogP contribution in [0.5, 0.6) is 5.75 Å². The number of sulfonamides is 1. The second-order valence-corrected chi connectivity index (χ2v) is 10.6. The average Bonchev–Trinajstić information content (AvgIpc) is 2.84. The molecule has 1 aliphatic rings. The van der Waals surface area contributed by atoms with Gasteiger partial charge in [-0.2, -0.15) is 4.31 Å². The van der Waals surface area contributed by atoms with Crippen LogP contribution in [-0.2, 0) is 10.0 Å². The van der Waals surface area contributed by atoms with E-state index in [1.165, 1.54) is 28.3 Å². The quantitative estimate of drug-likeness (QED) is 0.594. The molecular weight excluding hydrogens is 470 g/mol. The van der Waals surface area contributed by atoms with Crippen molar-refractivity contribution in [3.8, 4) is 17.6 Å². The number of aliphatic hydroxyl groups is 2. The molecule has 2 N–H and O–H groups in total. The van der Waals surface area contributed by atoms with E-state index in [0.717, 1.165) is 0 Å². The summed E-state index contributed by atoms with van der Waals surface area (Å²) in [5, 5.41) is 19.2. The van der Waals surface area contributed by atoms with Gasteiger partial charge >= 0.3 is 0 Å². The standard InChI is InChI=1S/C25H31N3O6S/c1-17-14-28(18(2)16-29)35(32,33)24-8-7-20(6-5-19(3)30)13-22(24)34-23(17)15-27(4)25(31)21-9-11-26-12-10-21/h7-13,17-19,23,29-30H,14-16H2,1-4H3/t17-,18-,19-,23-/m1/s1. The highest BCUT2D eigenvalue weighted by atomic mass is 32.2. The number of ether oxygens (including phenoxy) is 1. The Bertz CT molecular complexity index is 1210. The molecule has 0 unspecified atom stereocenters. The van der Waals surface area contributed by atoms with Gasteiger partial charge in [0.05, 0.1) is 13.2 Å². The molecule has 4 atom stereocenters. The van der Waals surface area contributed by atoms with Crippen LogP contribution in [-0.4, -0.2) is 83.7 Å². The molecular formula is C25H31N3O6S. The fraction of sp³-hybridized carbons (Fsp3) is 0.440. The number of nitrogens with zero attached hydrogens (tertiary/aromatic N) is 3. The molecule has 3 rings (SSSR count). The van der Waals surface area contributed by atoms with E-state index in [-0.39, 0.29) is 42.2 Å². The molecule has 0 fully saturated rings. The van der Waals surface area contributed by atoms with Gasteiger partial charge in [-0.3, -0.25) is 9.78 Å². The van der Waals surface area contributed by atoms with Crippen molar-refractivity contribution in [2.24, 2.45) is 5.92 Å². The second-order valence-electron chi connectivity index (χ2n) is 8.77. The number of likely N-dealkylation sites (N-methyl/N-ethyl adjacent to an activating group) is 1. The highest BCUT2D eigenvalue weighted by molar-refractivity contribution is 7.89. The summed E-state index contributed by atoms with van der Waals surface area (Å²) in [5.41, 5.74) is 0.963. The Hall–Kier alpha value is -2.97. The molecule has 2 aromatic rings. The number of benzene rings is 1. The fourth-order valence-electron chi connectivity index (χ4n) is 3.78. The van der Waals surface area contributed by atoms with Crippen molar-refractivity contribution in [3.05, 3.63) is 53.9 Å². The van der Waals surface area contributed by atoms with Crippen LogP contribution >= 0.6 is 0 Å². The zero-order chi connectivity index (χ0) is 25.8. The minimum Gasteiger partial charge on any atom is -0.487 e. The molecule has 0 radical (unpaired) electrons.